The van der Waals surface area contributed by atoms with E-state index >= 15 is 0 Å². The number of nitrogens with two attached hydrogens (primary N) is 1. The molecule has 1 aromatic heterocycles. The monoisotopic (exact) mass is 275 g/mol. The van der Waals surface area contributed by atoms with Gasteiger partial charge in [0.1, 0.15) is 5.52 Å². The molecular formula is C15H21N3O2. The summed E-state index contributed by atoms with van der Waals surface area (Å²) in [7, 11) is 0. The van der Waals surface area contributed by atoms with Crippen LogP contribution in [0.15, 0.2) is 22.6 Å². The minimum absolute atomic E-state index is 0.274. The SMILES string of the molecule is Nc1ccc2oc(NCC3CCCCC3CO)nc2c1. The number of aromatic nitrogens is 1. The summed E-state index contributed by atoms with van der Waals surface area (Å²) in [6, 6.07) is 5.98. The van der Waals surface area contributed by atoms with Crippen molar-refractivity contribution in [2.75, 3.05) is 24.2 Å². The Kier molecular flexibility index (Phi) is 3.78. The van der Waals surface area contributed by atoms with Crippen LogP contribution in [0, 0.1) is 11.8 Å². The number of oxazole rings is 1. The van der Waals surface area contributed by atoms with Crippen molar-refractivity contribution in [3.63, 3.8) is 0 Å². The lowest BCUT2D eigenvalue weighted by Crippen LogP contribution is -2.28. The highest BCUT2D eigenvalue weighted by molar-refractivity contribution is 5.78. The average Bonchev–Trinajstić information content (AvgIpc) is 2.87. The lowest BCUT2D eigenvalue weighted by Gasteiger charge is -2.29. The second kappa shape index (κ2) is 5.71. The number of hydrogen-bond acceptors (Lipinski definition) is 5. The highest BCUT2D eigenvalue weighted by Crippen LogP contribution is 2.30. The predicted molar refractivity (Wildman–Crippen MR) is 79.4 cm³/mol. The largest absolute Gasteiger partial charge is 0.424 e. The van der Waals surface area contributed by atoms with Crippen LogP contribution in [-0.2, 0) is 0 Å². The Morgan fingerprint density at radius 3 is 2.90 bits per heavy atom. The van der Waals surface area contributed by atoms with Gasteiger partial charge in [-0.05, 0) is 42.9 Å². The standard InChI is InChI=1S/C15H21N3O2/c16-12-5-6-14-13(7-12)18-15(20-14)17-8-10-3-1-2-4-11(10)9-19/h5-7,10-11,19H,1-4,8-9,16H2,(H,17,18). The number of aliphatic hydroxyl groups is 1. The highest BCUT2D eigenvalue weighted by Gasteiger charge is 2.24. The summed E-state index contributed by atoms with van der Waals surface area (Å²) in [5, 5.41) is 12.7. The maximum absolute atomic E-state index is 9.42. The number of nitrogen functional groups attached to an aromatic ring is 1. The molecule has 3 rings (SSSR count). The van der Waals surface area contributed by atoms with Crippen molar-refractivity contribution in [3.8, 4) is 0 Å². The normalized spacial score (nSPS) is 23.1. The van der Waals surface area contributed by atoms with E-state index in [4.69, 9.17) is 10.2 Å². The van der Waals surface area contributed by atoms with E-state index in [1.165, 1.54) is 12.8 Å². The van der Waals surface area contributed by atoms with Gasteiger partial charge in [-0.15, -0.1) is 0 Å². The third-order valence-electron chi connectivity index (χ3n) is 4.23. The molecule has 1 fully saturated rings. The van der Waals surface area contributed by atoms with Gasteiger partial charge in [0.25, 0.3) is 6.01 Å². The molecule has 2 unspecified atom stereocenters. The molecule has 4 N–H and O–H groups in total. The number of aliphatic hydroxyl groups excluding tert-OH is 1. The molecule has 108 valence electrons. The second-order valence-electron chi connectivity index (χ2n) is 5.61. The zero-order valence-electron chi connectivity index (χ0n) is 11.5. The predicted octanol–water partition coefficient (Wildman–Crippen LogP) is 2.62. The summed E-state index contributed by atoms with van der Waals surface area (Å²) in [6.07, 6.45) is 4.75. The zero-order valence-corrected chi connectivity index (χ0v) is 11.5. The summed E-state index contributed by atoms with van der Waals surface area (Å²) in [5.74, 6) is 0.894. The van der Waals surface area contributed by atoms with Gasteiger partial charge in [0.2, 0.25) is 0 Å². The van der Waals surface area contributed by atoms with Crippen molar-refractivity contribution in [1.29, 1.82) is 0 Å². The molecule has 0 saturated heterocycles. The van der Waals surface area contributed by atoms with E-state index in [2.05, 4.69) is 10.3 Å². The van der Waals surface area contributed by atoms with E-state index in [-0.39, 0.29) is 6.61 Å². The summed E-state index contributed by atoms with van der Waals surface area (Å²) in [6.45, 7) is 1.07. The fourth-order valence-electron chi connectivity index (χ4n) is 3.03. The molecule has 1 saturated carbocycles. The van der Waals surface area contributed by atoms with Gasteiger partial charge in [0.15, 0.2) is 5.58 Å². The van der Waals surface area contributed by atoms with E-state index in [0.717, 1.165) is 30.5 Å². The van der Waals surface area contributed by atoms with E-state index in [0.29, 0.717) is 23.5 Å². The molecule has 1 aromatic carbocycles. The van der Waals surface area contributed by atoms with E-state index in [9.17, 15) is 5.11 Å². The number of anilines is 2. The average molecular weight is 275 g/mol. The minimum Gasteiger partial charge on any atom is -0.424 e. The van der Waals surface area contributed by atoms with Crippen molar-refractivity contribution in [3.05, 3.63) is 18.2 Å². The lowest BCUT2D eigenvalue weighted by molar-refractivity contribution is 0.140. The topological polar surface area (TPSA) is 84.3 Å². The maximum atomic E-state index is 9.42. The molecule has 2 atom stereocenters. The quantitative estimate of drug-likeness (QED) is 0.747. The van der Waals surface area contributed by atoms with E-state index in [1.54, 1.807) is 12.1 Å². The Bertz CT molecular complexity index is 582. The molecule has 0 spiro atoms. The number of benzene rings is 1. The third kappa shape index (κ3) is 2.72. The molecule has 0 aliphatic heterocycles. The molecule has 1 aliphatic carbocycles. The fraction of sp³-hybridized carbons (Fsp3) is 0.533. The zero-order chi connectivity index (χ0) is 13.9. The maximum Gasteiger partial charge on any atom is 0.295 e. The Labute approximate surface area is 118 Å². The van der Waals surface area contributed by atoms with Gasteiger partial charge in [-0.1, -0.05) is 12.8 Å². The molecule has 5 nitrogen and oxygen atoms in total. The number of nitrogens with zero attached hydrogens (tertiary/aromatic N) is 1. The number of hydrogen-bond donors (Lipinski definition) is 3. The first-order valence-corrected chi connectivity index (χ1v) is 7.27. The van der Waals surface area contributed by atoms with Gasteiger partial charge in [-0.2, -0.15) is 4.98 Å². The van der Waals surface area contributed by atoms with Gasteiger partial charge in [-0.25, -0.2) is 0 Å². The first-order chi connectivity index (χ1) is 9.76. The Hall–Kier alpha value is -1.75. The van der Waals surface area contributed by atoms with Crippen LogP contribution in [0.1, 0.15) is 25.7 Å². The van der Waals surface area contributed by atoms with Crippen LogP contribution < -0.4 is 11.1 Å². The summed E-state index contributed by atoms with van der Waals surface area (Å²) in [4.78, 5) is 4.39. The fourth-order valence-corrected chi connectivity index (χ4v) is 3.03. The van der Waals surface area contributed by atoms with Crippen LogP contribution in [0.3, 0.4) is 0 Å². The molecule has 5 heteroatoms. The highest BCUT2D eigenvalue weighted by atomic mass is 16.4. The van der Waals surface area contributed by atoms with Gasteiger partial charge in [-0.3, -0.25) is 0 Å². The van der Waals surface area contributed by atoms with Crippen LogP contribution in [0.25, 0.3) is 11.1 Å². The van der Waals surface area contributed by atoms with Crippen molar-refractivity contribution in [2.45, 2.75) is 25.7 Å². The second-order valence-corrected chi connectivity index (χ2v) is 5.61. The summed E-state index contributed by atoms with van der Waals surface area (Å²) in [5.41, 5.74) is 7.93. The van der Waals surface area contributed by atoms with Crippen molar-refractivity contribution >= 4 is 22.8 Å². The Morgan fingerprint density at radius 2 is 2.10 bits per heavy atom. The van der Waals surface area contributed by atoms with Crippen LogP contribution in [0.5, 0.6) is 0 Å². The molecule has 1 aliphatic rings. The first kappa shape index (κ1) is 13.2. The summed E-state index contributed by atoms with van der Waals surface area (Å²) < 4.78 is 5.64. The minimum atomic E-state index is 0.274. The van der Waals surface area contributed by atoms with Crippen LogP contribution in [0.4, 0.5) is 11.7 Å². The van der Waals surface area contributed by atoms with Gasteiger partial charge in [0.05, 0.1) is 0 Å². The van der Waals surface area contributed by atoms with Gasteiger partial charge >= 0.3 is 0 Å². The molecule has 20 heavy (non-hydrogen) atoms. The molecule has 1 heterocycles. The van der Waals surface area contributed by atoms with Crippen molar-refractivity contribution in [2.24, 2.45) is 11.8 Å². The molecule has 0 bridgehead atoms. The van der Waals surface area contributed by atoms with Crippen molar-refractivity contribution < 1.29 is 9.52 Å². The van der Waals surface area contributed by atoms with Crippen LogP contribution in [-0.4, -0.2) is 23.2 Å². The van der Waals surface area contributed by atoms with Crippen LogP contribution in [0.2, 0.25) is 0 Å². The molecule has 2 aromatic rings. The van der Waals surface area contributed by atoms with E-state index < -0.39 is 0 Å². The summed E-state index contributed by atoms with van der Waals surface area (Å²) >= 11 is 0. The number of rotatable bonds is 4. The Balaban J connectivity index is 1.67. The molecule has 0 radical (unpaired) electrons. The van der Waals surface area contributed by atoms with Gasteiger partial charge in [0, 0.05) is 18.8 Å². The van der Waals surface area contributed by atoms with Gasteiger partial charge < -0.3 is 20.6 Å². The lowest BCUT2D eigenvalue weighted by atomic mass is 9.80. The molecule has 0 amide bonds. The van der Waals surface area contributed by atoms with Crippen LogP contribution >= 0.6 is 0 Å². The third-order valence-corrected chi connectivity index (χ3v) is 4.23. The van der Waals surface area contributed by atoms with Crippen molar-refractivity contribution in [1.82, 2.24) is 4.98 Å². The van der Waals surface area contributed by atoms with E-state index in [1.807, 2.05) is 6.07 Å². The number of nitrogens with one attached hydrogen (secondary N) is 1. The molecular weight excluding hydrogens is 254 g/mol. The number of fused-ring (bicyclic) bond motifs is 1. The Morgan fingerprint density at radius 1 is 1.30 bits per heavy atom. The first-order valence-electron chi connectivity index (χ1n) is 7.27. The smallest absolute Gasteiger partial charge is 0.295 e.